The van der Waals surface area contributed by atoms with Crippen LogP contribution in [0.15, 0.2) is 33.5 Å². The molecule has 0 unspecified atom stereocenters. The highest BCUT2D eigenvalue weighted by molar-refractivity contribution is 9.10. The van der Waals surface area contributed by atoms with E-state index >= 15 is 0 Å². The number of nitrogens with one attached hydrogen (secondary N) is 1. The van der Waals surface area contributed by atoms with Crippen LogP contribution in [0.4, 0.5) is 15.9 Å². The van der Waals surface area contributed by atoms with Crippen molar-refractivity contribution in [2.45, 2.75) is 18.6 Å². The van der Waals surface area contributed by atoms with Crippen molar-refractivity contribution in [3.8, 4) is 5.75 Å². The Labute approximate surface area is 180 Å². The molecule has 2 atom stereocenters. The van der Waals surface area contributed by atoms with Gasteiger partial charge in [-0.3, -0.25) is 14.4 Å². The predicted molar refractivity (Wildman–Crippen MR) is 107 cm³/mol. The summed E-state index contributed by atoms with van der Waals surface area (Å²) < 4.78 is 59.6. The molecule has 2 aliphatic rings. The first kappa shape index (κ1) is 21.0. The summed E-state index contributed by atoms with van der Waals surface area (Å²) in [5, 5.41) is 3.54. The molecule has 0 aliphatic carbocycles. The first-order chi connectivity index (χ1) is 14.3. The smallest absolute Gasteiger partial charge is 0.302 e. The number of hydrogen-bond donors (Lipinski definition) is 1. The van der Waals surface area contributed by atoms with E-state index in [1.807, 2.05) is 0 Å². The van der Waals surface area contributed by atoms with E-state index in [9.17, 15) is 17.6 Å². The molecule has 0 radical (unpaired) electrons. The molecule has 2 aliphatic heterocycles. The normalized spacial score (nSPS) is 22.6. The fraction of sp³-hybridized carbons (Fsp3) is 0.412. The summed E-state index contributed by atoms with van der Waals surface area (Å²) in [4.78, 5) is 14.0. The summed E-state index contributed by atoms with van der Waals surface area (Å²) in [7, 11) is -2.52. The van der Waals surface area contributed by atoms with Gasteiger partial charge in [0.05, 0.1) is 19.3 Å². The van der Waals surface area contributed by atoms with E-state index < -0.39 is 34.1 Å². The van der Waals surface area contributed by atoms with E-state index in [4.69, 9.17) is 9.47 Å². The van der Waals surface area contributed by atoms with Gasteiger partial charge in [0.2, 0.25) is 0 Å². The first-order valence-electron chi connectivity index (χ1n) is 8.95. The number of benzene rings is 1. The molecule has 1 aromatic carbocycles. The van der Waals surface area contributed by atoms with Crippen LogP contribution < -0.4 is 14.4 Å². The molecule has 13 heteroatoms. The Bertz CT molecular complexity index is 1050. The number of anilines is 2. The lowest BCUT2D eigenvalue weighted by Crippen LogP contribution is -2.62. The zero-order chi connectivity index (χ0) is 21.5. The van der Waals surface area contributed by atoms with Crippen LogP contribution in [0, 0.1) is 5.82 Å². The Balaban J connectivity index is 1.59. The molecule has 10 nitrogen and oxygen atoms in total. The third-order valence-corrected chi connectivity index (χ3v) is 6.91. The van der Waals surface area contributed by atoms with Gasteiger partial charge >= 0.3 is 10.2 Å². The van der Waals surface area contributed by atoms with Crippen molar-refractivity contribution < 1.29 is 31.6 Å². The lowest BCUT2D eigenvalue weighted by Gasteiger charge is -2.46. The molecule has 1 N–H and O–H groups in total. The number of ether oxygens (including phenoxy) is 2. The third-order valence-electron chi connectivity index (χ3n) is 4.97. The van der Waals surface area contributed by atoms with Gasteiger partial charge in [-0.1, -0.05) is 21.1 Å². The van der Waals surface area contributed by atoms with E-state index in [-0.39, 0.29) is 43.4 Å². The van der Waals surface area contributed by atoms with E-state index in [0.717, 1.165) is 0 Å². The first-order valence-corrected chi connectivity index (χ1v) is 11.2. The van der Waals surface area contributed by atoms with Crippen molar-refractivity contribution in [1.29, 1.82) is 0 Å². The van der Waals surface area contributed by atoms with Crippen molar-refractivity contribution in [2.24, 2.45) is 0 Å². The molecular weight excluding hydrogens is 487 g/mol. The van der Waals surface area contributed by atoms with Gasteiger partial charge in [-0.05, 0) is 18.6 Å². The van der Waals surface area contributed by atoms with Gasteiger partial charge in [-0.2, -0.15) is 12.7 Å². The second-order valence-corrected chi connectivity index (χ2v) is 9.34. The minimum atomic E-state index is -3.91. The molecule has 3 heterocycles. The van der Waals surface area contributed by atoms with Crippen LogP contribution in [0.3, 0.4) is 0 Å². The molecule has 1 aromatic heterocycles. The number of fused-ring (bicyclic) bond motifs is 1. The number of piperidine rings is 1. The predicted octanol–water partition coefficient (Wildman–Crippen LogP) is 1.75. The lowest BCUT2D eigenvalue weighted by molar-refractivity contribution is -0.134. The van der Waals surface area contributed by atoms with Gasteiger partial charge in [-0.15, -0.1) is 0 Å². The lowest BCUT2D eigenvalue weighted by atomic mass is 9.98. The van der Waals surface area contributed by atoms with Crippen LogP contribution in [-0.2, 0) is 19.7 Å². The molecule has 1 amide bonds. The molecule has 30 heavy (non-hydrogen) atoms. The van der Waals surface area contributed by atoms with Gasteiger partial charge < -0.3 is 14.0 Å². The number of amides is 1. The molecule has 0 spiro atoms. The van der Waals surface area contributed by atoms with E-state index in [1.165, 1.54) is 34.7 Å². The number of carbonyl (C=O) groups excluding carboxylic acids is 1. The second-order valence-electron chi connectivity index (χ2n) is 6.76. The minimum Gasteiger partial charge on any atom is -0.494 e. The number of hydrogen-bond acceptors (Lipinski definition) is 7. The van der Waals surface area contributed by atoms with Crippen molar-refractivity contribution in [1.82, 2.24) is 9.46 Å². The van der Waals surface area contributed by atoms with Crippen LogP contribution in [0.25, 0.3) is 0 Å². The van der Waals surface area contributed by atoms with Crippen LogP contribution in [-0.4, -0.2) is 62.7 Å². The third kappa shape index (κ3) is 3.89. The molecule has 2 fully saturated rings. The molecule has 162 valence electrons. The van der Waals surface area contributed by atoms with Crippen LogP contribution in [0.2, 0.25) is 0 Å². The van der Waals surface area contributed by atoms with Crippen molar-refractivity contribution in [3.05, 3.63) is 34.8 Å². The Morgan fingerprint density at radius 2 is 2.20 bits per heavy atom. The average Bonchev–Trinajstić information content (AvgIpc) is 3.20. The second kappa shape index (κ2) is 8.13. The van der Waals surface area contributed by atoms with Crippen LogP contribution in [0.1, 0.15) is 6.42 Å². The minimum absolute atomic E-state index is 0.0118. The van der Waals surface area contributed by atoms with Gasteiger partial charge in [0.15, 0.2) is 11.6 Å². The topological polar surface area (TPSA) is 114 Å². The number of halogens is 2. The fourth-order valence-electron chi connectivity index (χ4n) is 3.67. The monoisotopic (exact) mass is 504 g/mol. The maximum absolute atomic E-state index is 14.8. The largest absolute Gasteiger partial charge is 0.494 e. The number of carbonyl (C=O) groups is 1. The molecule has 0 saturated carbocycles. The van der Waals surface area contributed by atoms with E-state index in [2.05, 4.69) is 30.3 Å². The highest BCUT2D eigenvalue weighted by Gasteiger charge is 2.45. The molecule has 4 rings (SSSR count). The Hall–Kier alpha value is -2.22. The van der Waals surface area contributed by atoms with E-state index in [1.54, 1.807) is 6.07 Å². The summed E-state index contributed by atoms with van der Waals surface area (Å²) in [5.41, 5.74) is 0.0148. The van der Waals surface area contributed by atoms with Gasteiger partial charge in [-0.25, -0.2) is 4.39 Å². The molecule has 2 aromatic rings. The Kier molecular flexibility index (Phi) is 5.70. The zero-order valence-electron chi connectivity index (χ0n) is 15.7. The van der Waals surface area contributed by atoms with Crippen LogP contribution in [0.5, 0.6) is 5.75 Å². The van der Waals surface area contributed by atoms with Gasteiger partial charge in [0.1, 0.15) is 24.3 Å². The Morgan fingerprint density at radius 3 is 2.90 bits per heavy atom. The number of morpholine rings is 1. The zero-order valence-corrected chi connectivity index (χ0v) is 18.2. The number of methoxy groups -OCH3 is 1. The fourth-order valence-corrected chi connectivity index (χ4v) is 5.27. The SMILES string of the molecule is COc1cc(Br)cc(F)c1N1C(=O)CO[C@H]2CN(S(=O)(=O)Nc3ccon3)CC[C@@H]21. The summed E-state index contributed by atoms with van der Waals surface area (Å²) in [6.07, 6.45) is 0.852. The highest BCUT2D eigenvalue weighted by Crippen LogP contribution is 2.39. The van der Waals surface area contributed by atoms with Gasteiger partial charge in [0.25, 0.3) is 5.91 Å². The summed E-state index contributed by atoms with van der Waals surface area (Å²) in [6, 6.07) is 3.65. The van der Waals surface area contributed by atoms with Gasteiger partial charge in [0, 0.05) is 23.6 Å². The maximum atomic E-state index is 14.8. The standard InChI is InChI=1S/C17H18BrFN4O6S/c1-27-13-7-10(18)6-11(19)17(13)23-12-2-4-22(8-14(12)28-9-16(23)24)30(25,26)21-15-3-5-29-20-15/h3,5-7,12,14H,2,4,8-9H2,1H3,(H,20,21)/t12-,14-/m0/s1. The molecule has 2 saturated heterocycles. The summed E-state index contributed by atoms with van der Waals surface area (Å²) in [6.45, 7) is -0.214. The quantitative estimate of drug-likeness (QED) is 0.659. The number of aromatic nitrogens is 1. The highest BCUT2D eigenvalue weighted by atomic mass is 79.9. The van der Waals surface area contributed by atoms with Crippen LogP contribution >= 0.6 is 15.9 Å². The van der Waals surface area contributed by atoms with E-state index in [0.29, 0.717) is 4.47 Å². The molecular formula is C17H18BrFN4O6S. The summed E-state index contributed by atoms with van der Waals surface area (Å²) >= 11 is 3.21. The number of rotatable bonds is 5. The average molecular weight is 505 g/mol. The van der Waals surface area contributed by atoms with Crippen molar-refractivity contribution in [3.63, 3.8) is 0 Å². The summed E-state index contributed by atoms with van der Waals surface area (Å²) in [5.74, 6) is -0.801. The number of nitrogens with zero attached hydrogens (tertiary/aromatic N) is 3. The Morgan fingerprint density at radius 1 is 1.40 bits per heavy atom. The molecule has 0 bridgehead atoms. The van der Waals surface area contributed by atoms with Crippen molar-refractivity contribution >= 4 is 43.6 Å². The maximum Gasteiger partial charge on any atom is 0.302 e. The van der Waals surface area contributed by atoms with Crippen molar-refractivity contribution in [2.75, 3.05) is 36.4 Å².